The highest BCUT2D eigenvalue weighted by molar-refractivity contribution is 7.89. The van der Waals surface area contributed by atoms with Gasteiger partial charge in [0.1, 0.15) is 0 Å². The van der Waals surface area contributed by atoms with Crippen molar-refractivity contribution >= 4 is 21.8 Å². The van der Waals surface area contributed by atoms with Gasteiger partial charge in [0.25, 0.3) is 5.91 Å². The zero-order chi connectivity index (χ0) is 19.3. The number of rotatable bonds is 5. The van der Waals surface area contributed by atoms with E-state index in [0.29, 0.717) is 13.1 Å². The summed E-state index contributed by atoms with van der Waals surface area (Å²) in [7, 11) is -0.850. The Kier molecular flexibility index (Phi) is 6.34. The molecular weight excluding hydrogens is 356 g/mol. The number of hydrogen-bond donors (Lipinski definition) is 1. The average Bonchev–Trinajstić information content (AvgIpc) is 2.65. The Hall–Kier alpha value is -2.44. The molecule has 0 aromatic heterocycles. The van der Waals surface area contributed by atoms with Crippen molar-refractivity contribution in [1.29, 1.82) is 5.26 Å². The van der Waals surface area contributed by atoms with Crippen molar-refractivity contribution in [3.63, 3.8) is 0 Å². The molecule has 26 heavy (non-hydrogen) atoms. The van der Waals surface area contributed by atoms with Crippen LogP contribution in [0, 0.1) is 17.2 Å². The summed E-state index contributed by atoms with van der Waals surface area (Å²) in [4.78, 5) is 27.0. The number of nitrogens with zero attached hydrogens (tertiary/aromatic N) is 3. The SMILES string of the molecule is CN(C)C(=O)CNS(=O)(=O)c1cccc(C(=O)N2CCC[C@@H](C#N)C2)c1. The van der Waals surface area contributed by atoms with Crippen LogP contribution in [0.15, 0.2) is 29.2 Å². The zero-order valence-corrected chi connectivity index (χ0v) is 15.6. The van der Waals surface area contributed by atoms with Crippen LogP contribution in [0.2, 0.25) is 0 Å². The van der Waals surface area contributed by atoms with Crippen LogP contribution in [0.25, 0.3) is 0 Å². The lowest BCUT2D eigenvalue weighted by Crippen LogP contribution is -2.39. The molecule has 0 unspecified atom stereocenters. The summed E-state index contributed by atoms with van der Waals surface area (Å²) in [5.74, 6) is -0.874. The molecule has 0 saturated carbocycles. The second-order valence-electron chi connectivity index (χ2n) is 6.36. The van der Waals surface area contributed by atoms with Gasteiger partial charge < -0.3 is 9.80 Å². The first-order chi connectivity index (χ1) is 12.2. The molecule has 2 rings (SSSR count). The third kappa shape index (κ3) is 4.80. The van der Waals surface area contributed by atoms with E-state index in [4.69, 9.17) is 5.26 Å². The van der Waals surface area contributed by atoms with Crippen LogP contribution in [0.3, 0.4) is 0 Å². The summed E-state index contributed by atoms with van der Waals surface area (Å²) in [6.07, 6.45) is 1.51. The fourth-order valence-electron chi connectivity index (χ4n) is 2.64. The number of nitrogens with one attached hydrogen (secondary N) is 1. The van der Waals surface area contributed by atoms with Crippen LogP contribution >= 0.6 is 0 Å². The molecular formula is C17H22N4O4S. The van der Waals surface area contributed by atoms with E-state index in [0.717, 1.165) is 12.8 Å². The molecule has 8 nitrogen and oxygen atoms in total. The van der Waals surface area contributed by atoms with Gasteiger partial charge in [-0.25, -0.2) is 13.1 Å². The van der Waals surface area contributed by atoms with Gasteiger partial charge in [-0.2, -0.15) is 5.26 Å². The lowest BCUT2D eigenvalue weighted by atomic mass is 9.99. The summed E-state index contributed by atoms with van der Waals surface area (Å²) in [6, 6.07) is 7.87. The summed E-state index contributed by atoms with van der Waals surface area (Å²) in [5.41, 5.74) is 0.241. The minimum atomic E-state index is -3.91. The molecule has 1 atom stereocenters. The van der Waals surface area contributed by atoms with E-state index in [-0.39, 0.29) is 34.7 Å². The maximum Gasteiger partial charge on any atom is 0.253 e. The largest absolute Gasteiger partial charge is 0.348 e. The Morgan fingerprint density at radius 3 is 2.77 bits per heavy atom. The fourth-order valence-corrected chi connectivity index (χ4v) is 3.66. The molecule has 1 N–H and O–H groups in total. The minimum Gasteiger partial charge on any atom is -0.348 e. The van der Waals surface area contributed by atoms with Crippen molar-refractivity contribution in [2.24, 2.45) is 5.92 Å². The summed E-state index contributed by atoms with van der Waals surface area (Å²) >= 11 is 0. The molecule has 1 saturated heterocycles. The molecule has 1 fully saturated rings. The quantitative estimate of drug-likeness (QED) is 0.799. The van der Waals surface area contributed by atoms with Crippen molar-refractivity contribution in [2.45, 2.75) is 17.7 Å². The number of nitriles is 1. The van der Waals surface area contributed by atoms with E-state index in [2.05, 4.69) is 10.8 Å². The van der Waals surface area contributed by atoms with Gasteiger partial charge in [0.2, 0.25) is 15.9 Å². The van der Waals surface area contributed by atoms with E-state index < -0.39 is 10.0 Å². The van der Waals surface area contributed by atoms with Crippen LogP contribution < -0.4 is 4.72 Å². The van der Waals surface area contributed by atoms with Crippen molar-refractivity contribution in [1.82, 2.24) is 14.5 Å². The average molecular weight is 378 g/mol. The molecule has 1 aromatic carbocycles. The minimum absolute atomic E-state index is 0.0799. The van der Waals surface area contributed by atoms with Crippen molar-refractivity contribution in [2.75, 3.05) is 33.7 Å². The summed E-state index contributed by atoms with van der Waals surface area (Å²) in [6.45, 7) is 0.537. The first-order valence-electron chi connectivity index (χ1n) is 8.23. The maximum absolute atomic E-state index is 12.6. The predicted molar refractivity (Wildman–Crippen MR) is 94.6 cm³/mol. The third-order valence-electron chi connectivity index (χ3n) is 4.19. The number of benzene rings is 1. The van der Waals surface area contributed by atoms with E-state index in [1.165, 1.54) is 37.2 Å². The highest BCUT2D eigenvalue weighted by Crippen LogP contribution is 2.19. The number of piperidine rings is 1. The Bertz CT molecular complexity index is 829. The van der Waals surface area contributed by atoms with Gasteiger partial charge in [0, 0.05) is 32.7 Å². The lowest BCUT2D eigenvalue weighted by Gasteiger charge is -2.29. The van der Waals surface area contributed by atoms with Crippen LogP contribution in [0.1, 0.15) is 23.2 Å². The van der Waals surface area contributed by atoms with Crippen LogP contribution in [0.5, 0.6) is 0 Å². The van der Waals surface area contributed by atoms with Crippen LogP contribution in [0.4, 0.5) is 0 Å². The normalized spacial score (nSPS) is 17.4. The predicted octanol–water partition coefficient (Wildman–Crippen LogP) is 0.429. The van der Waals surface area contributed by atoms with Gasteiger partial charge in [-0.1, -0.05) is 6.07 Å². The topological polar surface area (TPSA) is 111 Å². The number of carbonyl (C=O) groups excluding carboxylic acids is 2. The second-order valence-corrected chi connectivity index (χ2v) is 8.13. The molecule has 1 aliphatic heterocycles. The molecule has 1 aliphatic rings. The third-order valence-corrected chi connectivity index (χ3v) is 5.59. The Morgan fingerprint density at radius 2 is 2.12 bits per heavy atom. The van der Waals surface area contributed by atoms with Crippen LogP contribution in [-0.2, 0) is 14.8 Å². The number of likely N-dealkylation sites (N-methyl/N-ethyl adjacent to an activating group) is 1. The van der Waals surface area contributed by atoms with Gasteiger partial charge in [-0.15, -0.1) is 0 Å². The van der Waals surface area contributed by atoms with E-state index in [1.54, 1.807) is 11.0 Å². The molecule has 140 valence electrons. The molecule has 0 spiro atoms. The summed E-state index contributed by atoms with van der Waals surface area (Å²) in [5, 5.41) is 9.05. The molecule has 1 heterocycles. The first kappa shape index (κ1) is 19.9. The van der Waals surface area contributed by atoms with Crippen molar-refractivity contribution < 1.29 is 18.0 Å². The van der Waals surface area contributed by atoms with Gasteiger partial charge >= 0.3 is 0 Å². The van der Waals surface area contributed by atoms with Crippen molar-refractivity contribution in [3.8, 4) is 6.07 Å². The second kappa shape index (κ2) is 8.29. The Labute approximate surface area is 153 Å². The maximum atomic E-state index is 12.6. The Balaban J connectivity index is 2.15. The van der Waals surface area contributed by atoms with Gasteiger partial charge in [-0.3, -0.25) is 9.59 Å². The lowest BCUT2D eigenvalue weighted by molar-refractivity contribution is -0.127. The zero-order valence-electron chi connectivity index (χ0n) is 14.8. The number of carbonyl (C=O) groups is 2. The molecule has 0 bridgehead atoms. The highest BCUT2D eigenvalue weighted by Gasteiger charge is 2.25. The fraction of sp³-hybridized carbons (Fsp3) is 0.471. The van der Waals surface area contributed by atoms with Gasteiger partial charge in [0.05, 0.1) is 23.4 Å². The highest BCUT2D eigenvalue weighted by atomic mass is 32.2. The monoisotopic (exact) mass is 378 g/mol. The van der Waals surface area contributed by atoms with E-state index in [1.807, 2.05) is 0 Å². The molecule has 9 heteroatoms. The Morgan fingerprint density at radius 1 is 1.38 bits per heavy atom. The van der Waals surface area contributed by atoms with Gasteiger partial charge in [-0.05, 0) is 31.0 Å². The molecule has 0 radical (unpaired) electrons. The number of hydrogen-bond acceptors (Lipinski definition) is 5. The molecule has 2 amide bonds. The van der Waals surface area contributed by atoms with Gasteiger partial charge in [0.15, 0.2) is 0 Å². The molecule has 1 aromatic rings. The number of likely N-dealkylation sites (tertiary alicyclic amines) is 1. The first-order valence-corrected chi connectivity index (χ1v) is 9.71. The number of sulfonamides is 1. The van der Waals surface area contributed by atoms with Crippen LogP contribution in [-0.4, -0.2) is 63.8 Å². The smallest absolute Gasteiger partial charge is 0.253 e. The van der Waals surface area contributed by atoms with Crippen molar-refractivity contribution in [3.05, 3.63) is 29.8 Å². The van der Waals surface area contributed by atoms with E-state index >= 15 is 0 Å². The van der Waals surface area contributed by atoms with E-state index in [9.17, 15) is 18.0 Å². The summed E-state index contributed by atoms with van der Waals surface area (Å²) < 4.78 is 26.9. The molecule has 0 aliphatic carbocycles. The number of amides is 2. The standard InChI is InChI=1S/C17H22N4O4S/c1-20(2)16(22)11-19-26(24,25)15-7-3-6-14(9-15)17(23)21-8-4-5-13(10-18)12-21/h3,6-7,9,13,19H,4-5,8,11-12H2,1-2H3/t13-/m0/s1.